The fourth-order valence-electron chi connectivity index (χ4n) is 1.45. The van der Waals surface area contributed by atoms with Crippen LogP contribution in [0.2, 0.25) is 0 Å². The normalized spacial score (nSPS) is 10.5. The Labute approximate surface area is 106 Å². The molecule has 0 unspecified atom stereocenters. The Morgan fingerprint density at radius 2 is 2.06 bits per heavy atom. The van der Waals surface area contributed by atoms with Crippen molar-refractivity contribution in [1.82, 2.24) is 15.0 Å². The third-order valence-corrected chi connectivity index (χ3v) is 3.25. The van der Waals surface area contributed by atoms with Crippen LogP contribution in [0, 0.1) is 13.8 Å². The Bertz CT molecular complexity index is 592. The third-order valence-electron chi connectivity index (χ3n) is 2.36. The lowest BCUT2D eigenvalue weighted by Crippen LogP contribution is -2.02. The average Bonchev–Trinajstić information content (AvgIpc) is 2.64. The monoisotopic (exact) mass is 295 g/mol. The van der Waals surface area contributed by atoms with Gasteiger partial charge >= 0.3 is 5.97 Å². The van der Waals surface area contributed by atoms with Crippen molar-refractivity contribution in [3.05, 3.63) is 39.6 Å². The molecule has 0 fully saturated rings. The molecular weight excluding hydrogens is 286 g/mol. The number of aromatic carboxylic acids is 1. The molecule has 0 atom stereocenters. The van der Waals surface area contributed by atoms with Gasteiger partial charge in [0.25, 0.3) is 0 Å². The maximum atomic E-state index is 10.9. The van der Waals surface area contributed by atoms with E-state index in [1.54, 1.807) is 6.92 Å². The summed E-state index contributed by atoms with van der Waals surface area (Å²) in [6.07, 6.45) is 0. The molecule has 0 aliphatic carbocycles. The van der Waals surface area contributed by atoms with Crippen LogP contribution >= 0.6 is 15.9 Å². The smallest absolute Gasteiger partial charge is 0.358 e. The van der Waals surface area contributed by atoms with Crippen LogP contribution in [0.1, 0.15) is 21.7 Å². The lowest BCUT2D eigenvalue weighted by atomic mass is 10.2. The van der Waals surface area contributed by atoms with Gasteiger partial charge in [-0.15, -0.1) is 5.10 Å². The van der Waals surface area contributed by atoms with E-state index < -0.39 is 5.97 Å². The number of nitrogens with zero attached hydrogens (tertiary/aromatic N) is 3. The minimum atomic E-state index is -1.07. The first-order valence-corrected chi connectivity index (χ1v) is 5.72. The van der Waals surface area contributed by atoms with Gasteiger partial charge in [-0.2, -0.15) is 9.90 Å². The molecule has 1 heterocycles. The largest absolute Gasteiger partial charge is 0.476 e. The number of benzene rings is 1. The lowest BCUT2D eigenvalue weighted by molar-refractivity contribution is 0.0689. The Hall–Kier alpha value is -1.69. The SMILES string of the molecule is Cc1cc(-n2nc(C)c(C(=O)O)n2)ccc1Br. The van der Waals surface area contributed by atoms with E-state index in [9.17, 15) is 4.79 Å². The maximum absolute atomic E-state index is 10.9. The van der Waals surface area contributed by atoms with Crippen LogP contribution in [-0.4, -0.2) is 26.1 Å². The Morgan fingerprint density at radius 1 is 1.35 bits per heavy atom. The third kappa shape index (κ3) is 2.21. The van der Waals surface area contributed by atoms with E-state index in [-0.39, 0.29) is 5.69 Å². The predicted octanol–water partition coefficient (Wildman–Crippen LogP) is 2.34. The summed E-state index contributed by atoms with van der Waals surface area (Å²) < 4.78 is 0.989. The zero-order valence-electron chi connectivity index (χ0n) is 9.31. The predicted molar refractivity (Wildman–Crippen MR) is 65.5 cm³/mol. The van der Waals surface area contributed by atoms with Crippen LogP contribution in [0.5, 0.6) is 0 Å². The Kier molecular flexibility index (Phi) is 2.97. The van der Waals surface area contributed by atoms with Gasteiger partial charge in [-0.1, -0.05) is 15.9 Å². The number of aromatic nitrogens is 3. The highest BCUT2D eigenvalue weighted by Crippen LogP contribution is 2.19. The first-order chi connectivity index (χ1) is 7.99. The number of aryl methyl sites for hydroxylation is 2. The number of carboxylic acids is 1. The molecule has 6 heteroatoms. The molecule has 1 aromatic carbocycles. The summed E-state index contributed by atoms with van der Waals surface area (Å²) >= 11 is 3.40. The molecule has 5 nitrogen and oxygen atoms in total. The summed E-state index contributed by atoms with van der Waals surface area (Å²) in [7, 11) is 0. The van der Waals surface area contributed by atoms with Gasteiger partial charge in [0.2, 0.25) is 0 Å². The van der Waals surface area contributed by atoms with E-state index in [2.05, 4.69) is 26.1 Å². The van der Waals surface area contributed by atoms with Gasteiger partial charge in [0.05, 0.1) is 11.4 Å². The van der Waals surface area contributed by atoms with Crippen molar-refractivity contribution in [2.45, 2.75) is 13.8 Å². The number of carbonyl (C=O) groups is 1. The van der Waals surface area contributed by atoms with Crippen molar-refractivity contribution in [2.75, 3.05) is 0 Å². The number of carboxylic acid groups (broad SMARTS) is 1. The Morgan fingerprint density at radius 3 is 2.59 bits per heavy atom. The number of halogens is 1. The molecule has 0 saturated heterocycles. The fraction of sp³-hybridized carbons (Fsp3) is 0.182. The highest BCUT2D eigenvalue weighted by Gasteiger charge is 2.14. The van der Waals surface area contributed by atoms with Crippen LogP contribution in [0.25, 0.3) is 5.69 Å². The van der Waals surface area contributed by atoms with Crippen molar-refractivity contribution >= 4 is 21.9 Å². The van der Waals surface area contributed by atoms with Crippen molar-refractivity contribution in [3.63, 3.8) is 0 Å². The second-order valence-corrected chi connectivity index (χ2v) is 4.52. The summed E-state index contributed by atoms with van der Waals surface area (Å²) in [4.78, 5) is 12.2. The standard InChI is InChI=1S/C11H10BrN3O2/c1-6-5-8(3-4-9(6)12)15-13-7(2)10(14-15)11(16)17/h3-5H,1-2H3,(H,16,17). The molecule has 1 aromatic heterocycles. The molecule has 0 aliphatic rings. The van der Waals surface area contributed by atoms with Gasteiger partial charge in [0.1, 0.15) is 0 Å². The fourth-order valence-corrected chi connectivity index (χ4v) is 1.69. The van der Waals surface area contributed by atoms with E-state index in [4.69, 9.17) is 5.11 Å². The van der Waals surface area contributed by atoms with E-state index >= 15 is 0 Å². The van der Waals surface area contributed by atoms with Crippen molar-refractivity contribution in [1.29, 1.82) is 0 Å². The maximum Gasteiger partial charge on any atom is 0.358 e. The molecular formula is C11H10BrN3O2. The minimum absolute atomic E-state index is 0.0226. The van der Waals surface area contributed by atoms with Gasteiger partial charge in [-0.25, -0.2) is 4.79 Å². The minimum Gasteiger partial charge on any atom is -0.476 e. The first kappa shape index (κ1) is 11.8. The molecule has 1 N–H and O–H groups in total. The van der Waals surface area contributed by atoms with Gasteiger partial charge < -0.3 is 5.11 Å². The zero-order valence-corrected chi connectivity index (χ0v) is 10.9. The first-order valence-electron chi connectivity index (χ1n) is 4.93. The molecule has 0 saturated carbocycles. The second-order valence-electron chi connectivity index (χ2n) is 3.66. The zero-order chi connectivity index (χ0) is 12.6. The van der Waals surface area contributed by atoms with Crippen molar-refractivity contribution in [3.8, 4) is 5.69 Å². The summed E-state index contributed by atoms with van der Waals surface area (Å²) in [5, 5.41) is 16.9. The molecule has 0 aliphatic heterocycles. The van der Waals surface area contributed by atoms with Gasteiger partial charge in [-0.05, 0) is 37.6 Å². The number of hydrogen-bond donors (Lipinski definition) is 1. The number of rotatable bonds is 2. The van der Waals surface area contributed by atoms with E-state index in [0.29, 0.717) is 5.69 Å². The molecule has 0 radical (unpaired) electrons. The topological polar surface area (TPSA) is 68.0 Å². The van der Waals surface area contributed by atoms with Crippen molar-refractivity contribution in [2.24, 2.45) is 0 Å². The van der Waals surface area contributed by atoms with Crippen LogP contribution in [0.15, 0.2) is 22.7 Å². The van der Waals surface area contributed by atoms with Crippen LogP contribution in [0.3, 0.4) is 0 Å². The van der Waals surface area contributed by atoms with Crippen LogP contribution < -0.4 is 0 Å². The average molecular weight is 296 g/mol. The molecule has 17 heavy (non-hydrogen) atoms. The van der Waals surface area contributed by atoms with E-state index in [0.717, 1.165) is 15.7 Å². The van der Waals surface area contributed by atoms with Crippen LogP contribution in [-0.2, 0) is 0 Å². The van der Waals surface area contributed by atoms with E-state index in [1.165, 1.54) is 4.80 Å². The highest BCUT2D eigenvalue weighted by molar-refractivity contribution is 9.10. The molecule has 0 bridgehead atoms. The van der Waals surface area contributed by atoms with Gasteiger partial charge in [-0.3, -0.25) is 0 Å². The second kappa shape index (κ2) is 4.29. The van der Waals surface area contributed by atoms with Crippen molar-refractivity contribution < 1.29 is 9.90 Å². The lowest BCUT2D eigenvalue weighted by Gasteiger charge is -2.02. The quantitative estimate of drug-likeness (QED) is 0.923. The summed E-state index contributed by atoms with van der Waals surface area (Å²) in [6, 6.07) is 5.58. The molecule has 2 rings (SSSR count). The summed E-state index contributed by atoms with van der Waals surface area (Å²) in [5.74, 6) is -1.07. The molecule has 2 aromatic rings. The highest BCUT2D eigenvalue weighted by atomic mass is 79.9. The van der Waals surface area contributed by atoms with E-state index in [1.807, 2.05) is 25.1 Å². The van der Waals surface area contributed by atoms with Gasteiger partial charge in [0.15, 0.2) is 5.69 Å². The number of hydrogen-bond acceptors (Lipinski definition) is 3. The van der Waals surface area contributed by atoms with Gasteiger partial charge in [0, 0.05) is 4.47 Å². The Balaban J connectivity index is 2.50. The molecule has 0 spiro atoms. The summed E-state index contributed by atoms with van der Waals surface area (Å²) in [6.45, 7) is 3.57. The van der Waals surface area contributed by atoms with Crippen LogP contribution in [0.4, 0.5) is 0 Å². The molecule has 88 valence electrons. The summed E-state index contributed by atoms with van der Waals surface area (Å²) in [5.41, 5.74) is 2.15. The molecule has 0 amide bonds.